The van der Waals surface area contributed by atoms with Crippen LogP contribution in [0.4, 0.5) is 5.69 Å². The molecular formula is C15H22N2O4. The van der Waals surface area contributed by atoms with E-state index >= 15 is 0 Å². The van der Waals surface area contributed by atoms with Gasteiger partial charge in [0.2, 0.25) is 5.91 Å². The van der Waals surface area contributed by atoms with Gasteiger partial charge in [-0.3, -0.25) is 4.79 Å². The fraction of sp³-hybridized carbons (Fsp3) is 0.533. The number of methoxy groups -OCH3 is 1. The van der Waals surface area contributed by atoms with Gasteiger partial charge in [-0.05, 0) is 12.6 Å². The van der Waals surface area contributed by atoms with E-state index in [1.165, 1.54) is 0 Å². The van der Waals surface area contributed by atoms with Crippen molar-refractivity contribution in [3.8, 4) is 5.75 Å². The molecule has 1 amide bonds. The van der Waals surface area contributed by atoms with E-state index in [9.17, 15) is 4.79 Å². The van der Waals surface area contributed by atoms with Gasteiger partial charge < -0.3 is 24.8 Å². The maximum Gasteiger partial charge on any atom is 0.246 e. The summed E-state index contributed by atoms with van der Waals surface area (Å²) in [6.07, 6.45) is 0. The fourth-order valence-electron chi connectivity index (χ4n) is 2.20. The smallest absolute Gasteiger partial charge is 0.246 e. The fourth-order valence-corrected chi connectivity index (χ4v) is 2.20. The summed E-state index contributed by atoms with van der Waals surface area (Å²) in [6.45, 7) is 4.84. The summed E-state index contributed by atoms with van der Waals surface area (Å²) < 4.78 is 15.8. The SMILES string of the molecule is CCNC1C(=O)Nc2cc(OCCOCCOC)ccc21. The van der Waals surface area contributed by atoms with Crippen LogP contribution in [0.2, 0.25) is 0 Å². The van der Waals surface area contributed by atoms with E-state index in [1.54, 1.807) is 7.11 Å². The van der Waals surface area contributed by atoms with E-state index < -0.39 is 0 Å². The predicted molar refractivity (Wildman–Crippen MR) is 79.7 cm³/mol. The van der Waals surface area contributed by atoms with Gasteiger partial charge in [-0.25, -0.2) is 0 Å². The van der Waals surface area contributed by atoms with Gasteiger partial charge in [0.25, 0.3) is 0 Å². The van der Waals surface area contributed by atoms with Crippen molar-refractivity contribution in [2.45, 2.75) is 13.0 Å². The molecule has 0 spiro atoms. The van der Waals surface area contributed by atoms with Crippen LogP contribution >= 0.6 is 0 Å². The highest BCUT2D eigenvalue weighted by Gasteiger charge is 2.29. The van der Waals surface area contributed by atoms with E-state index in [0.717, 1.165) is 23.5 Å². The molecule has 0 radical (unpaired) electrons. The number of hydrogen-bond acceptors (Lipinski definition) is 5. The Morgan fingerprint density at radius 1 is 1.24 bits per heavy atom. The topological polar surface area (TPSA) is 68.8 Å². The van der Waals surface area contributed by atoms with Crippen molar-refractivity contribution in [1.82, 2.24) is 5.32 Å². The minimum atomic E-state index is -0.267. The lowest BCUT2D eigenvalue weighted by molar-refractivity contribution is -0.117. The predicted octanol–water partition coefficient (Wildman–Crippen LogP) is 1.33. The molecule has 1 aliphatic heterocycles. The molecule has 0 bridgehead atoms. The quantitative estimate of drug-likeness (QED) is 0.673. The summed E-state index contributed by atoms with van der Waals surface area (Å²) in [7, 11) is 1.64. The molecule has 21 heavy (non-hydrogen) atoms. The molecule has 2 N–H and O–H groups in total. The number of hydrogen-bond donors (Lipinski definition) is 2. The highest BCUT2D eigenvalue weighted by atomic mass is 16.5. The summed E-state index contributed by atoms with van der Waals surface area (Å²) in [5, 5.41) is 6.02. The number of likely N-dealkylation sites (N-methyl/N-ethyl adjacent to an activating group) is 1. The van der Waals surface area contributed by atoms with Crippen LogP contribution in [-0.4, -0.2) is 46.0 Å². The minimum Gasteiger partial charge on any atom is -0.491 e. The maximum atomic E-state index is 11.8. The first-order valence-corrected chi connectivity index (χ1v) is 7.14. The standard InChI is InChI=1S/C15H22N2O4/c1-3-16-14-12-5-4-11(10-13(12)17-15(14)18)21-9-8-20-7-6-19-2/h4-5,10,14,16H,3,6-9H2,1-2H3,(H,17,18). The number of carbonyl (C=O) groups excluding carboxylic acids is 1. The van der Waals surface area contributed by atoms with Gasteiger partial charge in [-0.1, -0.05) is 13.0 Å². The van der Waals surface area contributed by atoms with E-state index in [4.69, 9.17) is 14.2 Å². The minimum absolute atomic E-state index is 0.0214. The van der Waals surface area contributed by atoms with Crippen LogP contribution in [0.3, 0.4) is 0 Å². The highest BCUT2D eigenvalue weighted by Crippen LogP contribution is 2.33. The summed E-state index contributed by atoms with van der Waals surface area (Å²) in [5.41, 5.74) is 1.77. The first kappa shape index (κ1) is 15.8. The lowest BCUT2D eigenvalue weighted by Gasteiger charge is -2.10. The summed E-state index contributed by atoms with van der Waals surface area (Å²) in [5.74, 6) is 0.702. The molecule has 1 heterocycles. The molecule has 1 atom stereocenters. The van der Waals surface area contributed by atoms with Crippen LogP contribution in [0, 0.1) is 0 Å². The molecular weight excluding hydrogens is 272 g/mol. The van der Waals surface area contributed by atoms with E-state index in [-0.39, 0.29) is 11.9 Å². The Morgan fingerprint density at radius 2 is 2.05 bits per heavy atom. The number of nitrogens with one attached hydrogen (secondary N) is 2. The van der Waals surface area contributed by atoms with Crippen molar-refractivity contribution in [3.05, 3.63) is 23.8 Å². The van der Waals surface area contributed by atoms with Crippen LogP contribution in [-0.2, 0) is 14.3 Å². The average molecular weight is 294 g/mol. The van der Waals surface area contributed by atoms with Crippen LogP contribution in [0.15, 0.2) is 18.2 Å². The van der Waals surface area contributed by atoms with Gasteiger partial charge in [-0.15, -0.1) is 0 Å². The zero-order valence-electron chi connectivity index (χ0n) is 12.5. The van der Waals surface area contributed by atoms with Crippen molar-refractivity contribution < 1.29 is 19.0 Å². The number of benzene rings is 1. The molecule has 1 aliphatic rings. The highest BCUT2D eigenvalue weighted by molar-refractivity contribution is 6.02. The van der Waals surface area contributed by atoms with E-state index in [2.05, 4.69) is 10.6 Å². The third-order valence-electron chi connectivity index (χ3n) is 3.19. The van der Waals surface area contributed by atoms with Crippen molar-refractivity contribution in [1.29, 1.82) is 0 Å². The summed E-state index contributed by atoms with van der Waals surface area (Å²) in [6, 6.07) is 5.37. The molecule has 1 aromatic rings. The third kappa shape index (κ3) is 4.17. The normalized spacial score (nSPS) is 16.7. The van der Waals surface area contributed by atoms with Gasteiger partial charge in [0.1, 0.15) is 18.4 Å². The summed E-state index contributed by atoms with van der Waals surface area (Å²) in [4.78, 5) is 11.8. The first-order valence-electron chi connectivity index (χ1n) is 7.14. The van der Waals surface area contributed by atoms with Crippen LogP contribution in [0.1, 0.15) is 18.5 Å². The molecule has 1 aromatic carbocycles. The number of anilines is 1. The molecule has 6 nitrogen and oxygen atoms in total. The number of carbonyl (C=O) groups is 1. The Hall–Kier alpha value is -1.63. The second kappa shape index (κ2) is 7.97. The Kier molecular flexibility index (Phi) is 5.98. The Morgan fingerprint density at radius 3 is 2.81 bits per heavy atom. The second-order valence-electron chi connectivity index (χ2n) is 4.68. The molecule has 0 fully saturated rings. The van der Waals surface area contributed by atoms with E-state index in [0.29, 0.717) is 26.4 Å². The molecule has 6 heteroatoms. The van der Waals surface area contributed by atoms with Gasteiger partial charge in [0, 0.05) is 24.4 Å². The lowest BCUT2D eigenvalue weighted by atomic mass is 10.1. The van der Waals surface area contributed by atoms with Crippen molar-refractivity contribution in [3.63, 3.8) is 0 Å². The molecule has 0 aromatic heterocycles. The maximum absolute atomic E-state index is 11.8. The molecule has 0 saturated heterocycles. The average Bonchev–Trinajstić information content (AvgIpc) is 2.79. The van der Waals surface area contributed by atoms with Gasteiger partial charge in [-0.2, -0.15) is 0 Å². The Bertz CT molecular complexity index is 479. The number of ether oxygens (including phenoxy) is 3. The molecule has 0 saturated carbocycles. The van der Waals surface area contributed by atoms with Gasteiger partial charge in [0.15, 0.2) is 0 Å². The Labute approximate surface area is 124 Å². The Balaban J connectivity index is 1.85. The molecule has 0 aliphatic carbocycles. The van der Waals surface area contributed by atoms with Gasteiger partial charge >= 0.3 is 0 Å². The summed E-state index contributed by atoms with van der Waals surface area (Å²) >= 11 is 0. The number of amides is 1. The molecule has 2 rings (SSSR count). The number of rotatable bonds is 9. The van der Waals surface area contributed by atoms with Crippen molar-refractivity contribution in [2.75, 3.05) is 45.4 Å². The lowest BCUT2D eigenvalue weighted by Crippen LogP contribution is -2.27. The van der Waals surface area contributed by atoms with Crippen molar-refractivity contribution in [2.24, 2.45) is 0 Å². The third-order valence-corrected chi connectivity index (χ3v) is 3.19. The van der Waals surface area contributed by atoms with Gasteiger partial charge in [0.05, 0.1) is 19.8 Å². The number of fused-ring (bicyclic) bond motifs is 1. The largest absolute Gasteiger partial charge is 0.491 e. The van der Waals surface area contributed by atoms with E-state index in [1.807, 2.05) is 25.1 Å². The zero-order valence-corrected chi connectivity index (χ0v) is 12.5. The molecule has 1 unspecified atom stereocenters. The van der Waals surface area contributed by atoms with Crippen molar-refractivity contribution >= 4 is 11.6 Å². The van der Waals surface area contributed by atoms with Crippen LogP contribution in [0.25, 0.3) is 0 Å². The van der Waals surface area contributed by atoms with Crippen LogP contribution in [0.5, 0.6) is 5.75 Å². The zero-order chi connectivity index (χ0) is 15.1. The monoisotopic (exact) mass is 294 g/mol. The second-order valence-corrected chi connectivity index (χ2v) is 4.68. The molecule has 116 valence electrons. The van der Waals surface area contributed by atoms with Crippen LogP contribution < -0.4 is 15.4 Å². The first-order chi connectivity index (χ1) is 10.3.